The zero-order valence-electron chi connectivity index (χ0n) is 24.2. The third-order valence-electron chi connectivity index (χ3n) is 7.82. The average Bonchev–Trinajstić information content (AvgIpc) is 3.42. The van der Waals surface area contributed by atoms with Crippen LogP contribution in [-0.2, 0) is 40.1 Å². The Balaban J connectivity index is 1.52. The van der Waals surface area contributed by atoms with Crippen LogP contribution >= 0.6 is 0 Å². The minimum absolute atomic E-state index is 0.0247. The van der Waals surface area contributed by atoms with Gasteiger partial charge in [0.25, 0.3) is 0 Å². The Labute approximate surface area is 246 Å². The summed E-state index contributed by atoms with van der Waals surface area (Å²) in [7, 11) is 1.61. The number of nitrogens with zero attached hydrogens (tertiary/aromatic N) is 3. The number of ether oxygens (including phenoxy) is 1. The quantitative estimate of drug-likeness (QED) is 0.215. The molecule has 1 saturated carbocycles. The van der Waals surface area contributed by atoms with Crippen molar-refractivity contribution in [2.24, 2.45) is 5.92 Å². The number of methoxy groups -OCH3 is 1. The van der Waals surface area contributed by atoms with Gasteiger partial charge in [-0.05, 0) is 54.7 Å². The molecule has 2 aromatic carbocycles. The van der Waals surface area contributed by atoms with Gasteiger partial charge in [-0.3, -0.25) is 9.59 Å². The Morgan fingerprint density at radius 3 is 2.36 bits per heavy atom. The number of carbonyl (C=O) groups excluding carboxylic acids is 2. The zero-order valence-corrected chi connectivity index (χ0v) is 24.2. The first-order valence-electron chi connectivity index (χ1n) is 14.6. The number of hydrogen-bond donors (Lipinski definition) is 0. The van der Waals surface area contributed by atoms with Gasteiger partial charge in [0.2, 0.25) is 11.8 Å². The second-order valence-electron chi connectivity index (χ2n) is 11.0. The van der Waals surface area contributed by atoms with E-state index in [4.69, 9.17) is 4.74 Å². The maximum atomic E-state index is 13.8. The molecule has 0 atom stereocenters. The number of aromatic nitrogens is 1. The number of carbonyl (C=O) groups is 2. The number of benzene rings is 2. The fraction of sp³-hybridized carbons (Fsp3) is 0.455. The largest absolute Gasteiger partial charge is 0.416 e. The zero-order chi connectivity index (χ0) is 30.0. The lowest BCUT2D eigenvalue weighted by molar-refractivity contribution is -0.144. The Kier molecular flexibility index (Phi) is 11.2. The third-order valence-corrected chi connectivity index (χ3v) is 7.82. The third kappa shape index (κ3) is 8.95. The molecule has 9 heteroatoms. The molecule has 42 heavy (non-hydrogen) atoms. The van der Waals surface area contributed by atoms with E-state index < -0.39 is 11.7 Å². The maximum Gasteiger partial charge on any atom is 0.416 e. The van der Waals surface area contributed by atoms with Crippen molar-refractivity contribution in [2.45, 2.75) is 64.3 Å². The summed E-state index contributed by atoms with van der Waals surface area (Å²) in [6.45, 7) is 1.74. The number of amides is 2. The van der Waals surface area contributed by atoms with Crippen molar-refractivity contribution in [3.63, 3.8) is 0 Å². The molecule has 0 saturated heterocycles. The van der Waals surface area contributed by atoms with Crippen molar-refractivity contribution in [2.75, 3.05) is 26.8 Å². The summed E-state index contributed by atoms with van der Waals surface area (Å²) in [5.74, 6) is -0.212. The Morgan fingerprint density at radius 1 is 0.905 bits per heavy atom. The molecule has 1 heterocycles. The van der Waals surface area contributed by atoms with Gasteiger partial charge in [0, 0.05) is 51.2 Å². The molecule has 0 radical (unpaired) electrons. The molecule has 3 aromatic rings. The normalized spacial score (nSPS) is 14.1. The van der Waals surface area contributed by atoms with Crippen LogP contribution in [0.15, 0.2) is 72.9 Å². The van der Waals surface area contributed by atoms with Gasteiger partial charge in [0.15, 0.2) is 0 Å². The second-order valence-corrected chi connectivity index (χ2v) is 11.0. The van der Waals surface area contributed by atoms with Crippen molar-refractivity contribution in [1.29, 1.82) is 0 Å². The molecule has 1 aromatic heterocycles. The lowest BCUT2D eigenvalue weighted by Crippen LogP contribution is -2.45. The summed E-state index contributed by atoms with van der Waals surface area (Å²) in [6, 6.07) is 18.7. The fourth-order valence-electron chi connectivity index (χ4n) is 5.56. The van der Waals surface area contributed by atoms with Crippen molar-refractivity contribution in [3.05, 3.63) is 95.3 Å². The van der Waals surface area contributed by atoms with E-state index in [9.17, 15) is 22.8 Å². The van der Waals surface area contributed by atoms with Crippen molar-refractivity contribution < 1.29 is 27.5 Å². The Morgan fingerprint density at radius 2 is 1.64 bits per heavy atom. The fourth-order valence-corrected chi connectivity index (χ4v) is 5.56. The summed E-state index contributed by atoms with van der Waals surface area (Å²) >= 11 is 0. The highest BCUT2D eigenvalue weighted by Gasteiger charge is 2.31. The number of rotatable bonds is 13. The molecule has 4 rings (SSSR count). The molecular weight excluding hydrogens is 543 g/mol. The van der Waals surface area contributed by atoms with E-state index >= 15 is 0 Å². The minimum Gasteiger partial charge on any atom is -0.385 e. The van der Waals surface area contributed by atoms with E-state index in [2.05, 4.69) is 0 Å². The maximum absolute atomic E-state index is 13.8. The van der Waals surface area contributed by atoms with Crippen LogP contribution < -0.4 is 0 Å². The molecule has 0 spiro atoms. The minimum atomic E-state index is -4.42. The molecule has 2 amide bonds. The molecule has 1 aliphatic carbocycles. The second kappa shape index (κ2) is 15.0. The van der Waals surface area contributed by atoms with Gasteiger partial charge >= 0.3 is 6.18 Å². The van der Waals surface area contributed by atoms with E-state index in [1.54, 1.807) is 23.0 Å². The lowest BCUT2D eigenvalue weighted by atomic mass is 9.88. The van der Waals surface area contributed by atoms with Crippen LogP contribution in [0.2, 0.25) is 0 Å². The molecule has 0 bridgehead atoms. The van der Waals surface area contributed by atoms with Gasteiger partial charge in [-0.25, -0.2) is 0 Å². The molecule has 0 unspecified atom stereocenters. The standard InChI is InChI=1S/C33H40F3N3O3/c1-42-20-10-19-38(24-30-17-9-18-37(30)23-27-13-8-16-29(21-27)33(34,35)36)31(40)25-39(22-26-11-4-2-5-12-26)32(41)28-14-6-3-7-15-28/h2,4-5,8-9,11-13,16-18,21,28H,3,6-7,10,14-15,19-20,22-25H2,1H3. The van der Waals surface area contributed by atoms with Crippen LogP contribution in [0.3, 0.4) is 0 Å². The lowest BCUT2D eigenvalue weighted by Gasteiger charge is -2.31. The monoisotopic (exact) mass is 583 g/mol. The molecule has 0 aliphatic heterocycles. The topological polar surface area (TPSA) is 54.8 Å². The van der Waals surface area contributed by atoms with Crippen LogP contribution in [0.25, 0.3) is 0 Å². The predicted molar refractivity (Wildman–Crippen MR) is 155 cm³/mol. The summed E-state index contributed by atoms with van der Waals surface area (Å²) in [5.41, 5.74) is 1.60. The SMILES string of the molecule is COCCCN(Cc1cccn1Cc1cccc(C(F)(F)F)c1)C(=O)CN(Cc1ccccc1)C(=O)C1CCCCC1. The van der Waals surface area contributed by atoms with Gasteiger partial charge in [0.1, 0.15) is 6.54 Å². The van der Waals surface area contributed by atoms with E-state index in [-0.39, 0.29) is 37.4 Å². The molecule has 0 N–H and O–H groups in total. The molecule has 1 fully saturated rings. The average molecular weight is 584 g/mol. The van der Waals surface area contributed by atoms with Crippen LogP contribution in [0.1, 0.15) is 60.9 Å². The van der Waals surface area contributed by atoms with Crippen LogP contribution in [0.4, 0.5) is 13.2 Å². The van der Waals surface area contributed by atoms with Gasteiger partial charge < -0.3 is 19.1 Å². The Bertz CT molecular complexity index is 1290. The summed E-state index contributed by atoms with van der Waals surface area (Å²) in [4.78, 5) is 30.9. The van der Waals surface area contributed by atoms with Gasteiger partial charge in [-0.1, -0.05) is 61.7 Å². The number of halogens is 3. The molecule has 226 valence electrons. The van der Waals surface area contributed by atoms with E-state index in [1.807, 2.05) is 53.2 Å². The predicted octanol–water partition coefficient (Wildman–Crippen LogP) is 6.53. The summed E-state index contributed by atoms with van der Waals surface area (Å²) < 4.78 is 46.9. The highest BCUT2D eigenvalue weighted by molar-refractivity contribution is 5.86. The Hall–Kier alpha value is -3.59. The molecular formula is C33H40F3N3O3. The van der Waals surface area contributed by atoms with Crippen LogP contribution in [0.5, 0.6) is 0 Å². The van der Waals surface area contributed by atoms with E-state index in [0.717, 1.165) is 55.5 Å². The highest BCUT2D eigenvalue weighted by atomic mass is 19.4. The highest BCUT2D eigenvalue weighted by Crippen LogP contribution is 2.30. The first-order chi connectivity index (χ1) is 20.2. The smallest absolute Gasteiger partial charge is 0.385 e. The van der Waals surface area contributed by atoms with Crippen LogP contribution in [0, 0.1) is 5.92 Å². The first kappa shape index (κ1) is 31.3. The van der Waals surface area contributed by atoms with Crippen molar-refractivity contribution >= 4 is 11.8 Å². The summed E-state index contributed by atoms with van der Waals surface area (Å²) in [5, 5.41) is 0. The van der Waals surface area contributed by atoms with E-state index in [1.165, 1.54) is 6.07 Å². The van der Waals surface area contributed by atoms with Crippen molar-refractivity contribution in [3.8, 4) is 0 Å². The summed E-state index contributed by atoms with van der Waals surface area (Å²) in [6.07, 6.45) is 2.88. The number of hydrogen-bond acceptors (Lipinski definition) is 3. The van der Waals surface area contributed by atoms with E-state index in [0.29, 0.717) is 31.7 Å². The van der Waals surface area contributed by atoms with Crippen LogP contribution in [-0.4, -0.2) is 53.0 Å². The van der Waals surface area contributed by atoms with Crippen molar-refractivity contribution in [1.82, 2.24) is 14.4 Å². The van der Waals surface area contributed by atoms with Gasteiger partial charge in [-0.2, -0.15) is 13.2 Å². The number of alkyl halides is 3. The van der Waals surface area contributed by atoms with Gasteiger partial charge in [0.05, 0.1) is 12.1 Å². The van der Waals surface area contributed by atoms with Gasteiger partial charge in [-0.15, -0.1) is 0 Å². The first-order valence-corrected chi connectivity index (χ1v) is 14.6. The molecule has 1 aliphatic rings. The molecule has 6 nitrogen and oxygen atoms in total.